The van der Waals surface area contributed by atoms with Gasteiger partial charge in [-0.1, -0.05) is 30.9 Å². The lowest BCUT2D eigenvalue weighted by atomic mass is 9.99. The van der Waals surface area contributed by atoms with Gasteiger partial charge in [-0.3, -0.25) is 9.98 Å². The fourth-order valence-corrected chi connectivity index (χ4v) is 1.91. The average Bonchev–Trinajstić information content (AvgIpc) is 2.47. The highest BCUT2D eigenvalue weighted by Crippen LogP contribution is 2.38. The molecule has 0 fully saturated rings. The maximum atomic E-state index is 10.2. The number of benzene rings is 1. The summed E-state index contributed by atoms with van der Waals surface area (Å²) >= 11 is 0. The summed E-state index contributed by atoms with van der Waals surface area (Å²) in [5, 5.41) is 10.2. The molecule has 0 saturated carbocycles. The zero-order valence-corrected chi connectivity index (χ0v) is 10.5. The van der Waals surface area contributed by atoms with E-state index < -0.39 is 6.04 Å². The molecule has 0 aliphatic carbocycles. The van der Waals surface area contributed by atoms with E-state index in [9.17, 15) is 5.11 Å². The van der Waals surface area contributed by atoms with Crippen LogP contribution in [0, 0.1) is 0 Å². The van der Waals surface area contributed by atoms with Gasteiger partial charge in [0.15, 0.2) is 0 Å². The molecular formula is C15H15N3O. The van der Waals surface area contributed by atoms with Crippen LogP contribution in [-0.2, 0) is 0 Å². The predicted molar refractivity (Wildman–Crippen MR) is 77.7 cm³/mol. The Morgan fingerprint density at radius 3 is 2.68 bits per heavy atom. The quantitative estimate of drug-likeness (QED) is 0.823. The second kappa shape index (κ2) is 5.46. The number of pyridine rings is 1. The van der Waals surface area contributed by atoms with Gasteiger partial charge in [0.1, 0.15) is 11.4 Å². The van der Waals surface area contributed by atoms with Crippen LogP contribution in [0.25, 0.3) is 6.08 Å². The molecule has 0 radical (unpaired) electrons. The van der Waals surface area contributed by atoms with E-state index in [-0.39, 0.29) is 5.75 Å². The predicted octanol–water partition coefficient (Wildman–Crippen LogP) is 2.81. The van der Waals surface area contributed by atoms with Crippen molar-refractivity contribution < 1.29 is 5.11 Å². The van der Waals surface area contributed by atoms with Gasteiger partial charge < -0.3 is 10.8 Å². The molecule has 0 amide bonds. The second-order valence-corrected chi connectivity index (χ2v) is 4.04. The van der Waals surface area contributed by atoms with Gasteiger partial charge in [-0.25, -0.2) is 0 Å². The normalized spacial score (nSPS) is 11.8. The lowest BCUT2D eigenvalue weighted by molar-refractivity contribution is 0.466. The van der Waals surface area contributed by atoms with Crippen LogP contribution in [0.1, 0.15) is 22.9 Å². The zero-order valence-electron chi connectivity index (χ0n) is 10.5. The van der Waals surface area contributed by atoms with Crippen LogP contribution in [0.15, 0.2) is 48.1 Å². The van der Waals surface area contributed by atoms with E-state index in [4.69, 9.17) is 5.73 Å². The molecule has 96 valence electrons. The summed E-state index contributed by atoms with van der Waals surface area (Å²) < 4.78 is 0. The summed E-state index contributed by atoms with van der Waals surface area (Å²) in [6, 6.07) is 8.51. The monoisotopic (exact) mass is 253 g/mol. The number of hydrogen-bond donors (Lipinski definition) is 2. The Hall–Kier alpha value is -2.46. The largest absolute Gasteiger partial charge is 0.505 e. The van der Waals surface area contributed by atoms with Crippen molar-refractivity contribution in [2.75, 3.05) is 0 Å². The molecule has 1 atom stereocenters. The molecule has 4 heteroatoms. The van der Waals surface area contributed by atoms with E-state index in [1.54, 1.807) is 24.4 Å². The van der Waals surface area contributed by atoms with Gasteiger partial charge in [-0.15, -0.1) is 0 Å². The molecule has 1 unspecified atom stereocenters. The molecular weight excluding hydrogens is 238 g/mol. The minimum Gasteiger partial charge on any atom is -0.505 e. The van der Waals surface area contributed by atoms with Gasteiger partial charge in [0, 0.05) is 17.3 Å². The third-order valence-electron chi connectivity index (χ3n) is 2.93. The van der Waals surface area contributed by atoms with Gasteiger partial charge in [0.05, 0.1) is 11.7 Å². The number of phenols is 1. The van der Waals surface area contributed by atoms with E-state index in [1.807, 2.05) is 18.2 Å². The van der Waals surface area contributed by atoms with Crippen molar-refractivity contribution in [2.24, 2.45) is 10.7 Å². The van der Waals surface area contributed by atoms with Crippen LogP contribution in [-0.4, -0.2) is 16.8 Å². The van der Waals surface area contributed by atoms with Crippen LogP contribution in [0.2, 0.25) is 0 Å². The maximum Gasteiger partial charge on any atom is 0.146 e. The number of aromatic nitrogens is 1. The molecule has 2 rings (SSSR count). The number of phenolic OH excluding ortho intramolecular Hbond substituents is 1. The van der Waals surface area contributed by atoms with Crippen molar-refractivity contribution in [3.63, 3.8) is 0 Å². The summed E-state index contributed by atoms with van der Waals surface area (Å²) in [5.41, 5.74) is 8.46. The SMILES string of the molecule is C=Cc1ccc(C(N)c2ccccn2)c(O)c1N=C. The Labute approximate surface area is 112 Å². The number of rotatable bonds is 4. The minimum atomic E-state index is -0.513. The maximum absolute atomic E-state index is 10.2. The fraction of sp³-hybridized carbons (Fsp3) is 0.0667. The molecule has 0 bridgehead atoms. The van der Waals surface area contributed by atoms with E-state index in [1.165, 1.54) is 0 Å². The zero-order chi connectivity index (χ0) is 13.8. The molecule has 0 saturated heterocycles. The van der Waals surface area contributed by atoms with Gasteiger partial charge in [-0.2, -0.15) is 0 Å². The van der Waals surface area contributed by atoms with Crippen LogP contribution in [0.4, 0.5) is 5.69 Å². The molecule has 1 aromatic carbocycles. The number of nitrogens with zero attached hydrogens (tertiary/aromatic N) is 2. The summed E-state index contributed by atoms with van der Waals surface area (Å²) in [4.78, 5) is 8.02. The molecule has 1 heterocycles. The molecule has 3 N–H and O–H groups in total. The average molecular weight is 253 g/mol. The first-order chi connectivity index (χ1) is 9.19. The lowest BCUT2D eigenvalue weighted by Crippen LogP contribution is -2.13. The van der Waals surface area contributed by atoms with E-state index in [2.05, 4.69) is 23.3 Å². The van der Waals surface area contributed by atoms with Crippen molar-refractivity contribution >= 4 is 18.5 Å². The van der Waals surface area contributed by atoms with Gasteiger partial charge >= 0.3 is 0 Å². The smallest absolute Gasteiger partial charge is 0.146 e. The molecule has 0 aliphatic rings. The summed E-state index contributed by atoms with van der Waals surface area (Å²) in [7, 11) is 0. The number of aliphatic imine (C=N–C) groups is 1. The Bertz CT molecular complexity index is 608. The molecule has 0 aliphatic heterocycles. The Morgan fingerprint density at radius 2 is 2.11 bits per heavy atom. The number of nitrogens with two attached hydrogens (primary N) is 1. The number of aromatic hydroxyl groups is 1. The first kappa shape index (κ1) is 13.0. The van der Waals surface area contributed by atoms with E-state index in [0.29, 0.717) is 22.5 Å². The third-order valence-corrected chi connectivity index (χ3v) is 2.93. The van der Waals surface area contributed by atoms with Crippen LogP contribution in [0.5, 0.6) is 5.75 Å². The first-order valence-corrected chi connectivity index (χ1v) is 5.80. The molecule has 2 aromatic rings. The first-order valence-electron chi connectivity index (χ1n) is 5.80. The van der Waals surface area contributed by atoms with Crippen LogP contribution >= 0.6 is 0 Å². The van der Waals surface area contributed by atoms with Crippen molar-refractivity contribution in [1.82, 2.24) is 4.98 Å². The second-order valence-electron chi connectivity index (χ2n) is 4.04. The molecule has 1 aromatic heterocycles. The summed E-state index contributed by atoms with van der Waals surface area (Å²) in [5.74, 6) is 0.0190. The van der Waals surface area contributed by atoms with Crippen molar-refractivity contribution in [3.05, 3.63) is 59.9 Å². The Kier molecular flexibility index (Phi) is 3.73. The van der Waals surface area contributed by atoms with Crippen molar-refractivity contribution in [1.29, 1.82) is 0 Å². The highest BCUT2D eigenvalue weighted by molar-refractivity contribution is 5.73. The van der Waals surface area contributed by atoms with Crippen molar-refractivity contribution in [3.8, 4) is 5.75 Å². The molecule has 19 heavy (non-hydrogen) atoms. The third kappa shape index (κ3) is 2.39. The highest BCUT2D eigenvalue weighted by atomic mass is 16.3. The van der Waals surface area contributed by atoms with Crippen LogP contribution < -0.4 is 5.73 Å². The molecule has 0 spiro atoms. The summed E-state index contributed by atoms with van der Waals surface area (Å²) in [6.45, 7) is 7.13. The fourth-order valence-electron chi connectivity index (χ4n) is 1.91. The lowest BCUT2D eigenvalue weighted by Gasteiger charge is -2.15. The number of hydrogen-bond acceptors (Lipinski definition) is 4. The van der Waals surface area contributed by atoms with Crippen molar-refractivity contribution in [2.45, 2.75) is 6.04 Å². The minimum absolute atomic E-state index is 0.0190. The summed E-state index contributed by atoms with van der Waals surface area (Å²) in [6.07, 6.45) is 3.27. The van der Waals surface area contributed by atoms with Gasteiger partial charge in [-0.05, 0) is 18.9 Å². The Balaban J connectivity index is 2.52. The Morgan fingerprint density at radius 1 is 1.32 bits per heavy atom. The molecule has 4 nitrogen and oxygen atoms in total. The van der Waals surface area contributed by atoms with E-state index in [0.717, 1.165) is 0 Å². The van der Waals surface area contributed by atoms with Gasteiger partial charge in [0.2, 0.25) is 0 Å². The topological polar surface area (TPSA) is 71.5 Å². The highest BCUT2D eigenvalue weighted by Gasteiger charge is 2.17. The standard InChI is InChI=1S/C15H15N3O/c1-3-10-7-8-11(15(19)14(10)17-2)13(16)12-6-4-5-9-18-12/h3-9,13,19H,1-2,16H2. The van der Waals surface area contributed by atoms with E-state index >= 15 is 0 Å². The van der Waals surface area contributed by atoms with Crippen LogP contribution in [0.3, 0.4) is 0 Å². The van der Waals surface area contributed by atoms with Gasteiger partial charge in [0.25, 0.3) is 0 Å².